The summed E-state index contributed by atoms with van der Waals surface area (Å²) in [6, 6.07) is 0. The molecule has 0 aromatic carbocycles. The Bertz CT molecular complexity index is 651. The van der Waals surface area contributed by atoms with Crippen LogP contribution in [0.15, 0.2) is 50.6 Å². The Labute approximate surface area is 215 Å². The molecule has 0 fully saturated rings. The van der Waals surface area contributed by atoms with Gasteiger partial charge in [-0.3, -0.25) is 19.2 Å². The molecule has 0 spiro atoms. The van der Waals surface area contributed by atoms with E-state index in [4.69, 9.17) is 18.9 Å². The third-order valence-corrected chi connectivity index (χ3v) is 5.12. The van der Waals surface area contributed by atoms with Crippen LogP contribution in [0.4, 0.5) is 0 Å². The Kier molecular flexibility index (Phi) is 20.2. The molecule has 8 heteroatoms. The molecule has 0 heterocycles. The van der Waals surface area contributed by atoms with Crippen molar-refractivity contribution in [1.29, 1.82) is 0 Å². The van der Waals surface area contributed by atoms with E-state index in [0.29, 0.717) is 71.2 Å². The molecule has 0 bridgehead atoms. The highest BCUT2D eigenvalue weighted by atomic mass is 16.6. The lowest BCUT2D eigenvalue weighted by Gasteiger charge is -2.33. The second-order valence-corrected chi connectivity index (χ2v) is 8.29. The summed E-state index contributed by atoms with van der Waals surface area (Å²) in [6.45, 7) is 15.6. The van der Waals surface area contributed by atoms with Crippen LogP contribution in [-0.4, -0.2) is 75.0 Å². The van der Waals surface area contributed by atoms with E-state index in [1.165, 1.54) is 24.3 Å². The number of hydrogen-bond acceptors (Lipinski definition) is 8. The summed E-state index contributed by atoms with van der Waals surface area (Å²) in [4.78, 5) is 45.9. The summed E-state index contributed by atoms with van der Waals surface area (Å²) >= 11 is 0. The first kappa shape index (κ1) is 33.5. The molecule has 0 aromatic rings. The zero-order chi connectivity index (χ0) is 27.1. The van der Waals surface area contributed by atoms with Crippen molar-refractivity contribution in [1.82, 2.24) is 0 Å². The van der Waals surface area contributed by atoms with Crippen LogP contribution < -0.4 is 0 Å². The van der Waals surface area contributed by atoms with E-state index < -0.39 is 5.60 Å². The Hall–Kier alpha value is -2.52. The minimum absolute atomic E-state index is 0.0530. The molecule has 0 aromatic heterocycles. The van der Waals surface area contributed by atoms with Gasteiger partial charge in [-0.2, -0.15) is 0 Å². The van der Waals surface area contributed by atoms with Crippen molar-refractivity contribution in [2.24, 2.45) is 0 Å². The van der Waals surface area contributed by atoms with Crippen LogP contribution >= 0.6 is 0 Å². The molecule has 0 radical (unpaired) electrons. The molecule has 0 atom stereocenters. The average Bonchev–Trinajstić information content (AvgIpc) is 2.89. The van der Waals surface area contributed by atoms with Crippen molar-refractivity contribution in [3.63, 3.8) is 0 Å². The topological polar surface area (TPSA) is 105 Å². The molecule has 8 nitrogen and oxygen atoms in total. The van der Waals surface area contributed by atoms with Crippen molar-refractivity contribution in [2.45, 2.75) is 57.0 Å². The van der Waals surface area contributed by atoms with Gasteiger partial charge in [0.2, 0.25) is 0 Å². The summed E-state index contributed by atoms with van der Waals surface area (Å²) in [6.07, 6.45) is 8.53. The van der Waals surface area contributed by atoms with E-state index >= 15 is 0 Å². The highest BCUT2D eigenvalue weighted by Crippen LogP contribution is 2.17. The van der Waals surface area contributed by atoms with E-state index in [0.717, 1.165) is 0 Å². The predicted octanol–water partition coefficient (Wildman–Crippen LogP) is 3.93. The molecule has 36 heavy (non-hydrogen) atoms. The molecule has 0 saturated heterocycles. The lowest BCUT2D eigenvalue weighted by Crippen LogP contribution is -2.47. The number of allylic oxidation sites excluding steroid dienone is 4. The van der Waals surface area contributed by atoms with E-state index in [-0.39, 0.29) is 49.6 Å². The Balaban J connectivity index is 5.11. The van der Waals surface area contributed by atoms with Crippen molar-refractivity contribution in [2.75, 3.05) is 46.2 Å². The molecular weight excluding hydrogens is 464 g/mol. The van der Waals surface area contributed by atoms with Gasteiger partial charge in [0.25, 0.3) is 0 Å². The fraction of sp³-hybridized carbons (Fsp3) is 0.571. The fourth-order valence-electron chi connectivity index (χ4n) is 3.01. The lowest BCUT2D eigenvalue weighted by molar-refractivity contribution is -0.168. The monoisotopic (exact) mass is 506 g/mol. The highest BCUT2D eigenvalue weighted by Gasteiger charge is 2.33. The van der Waals surface area contributed by atoms with E-state index in [1.807, 2.05) is 0 Å². The van der Waals surface area contributed by atoms with Gasteiger partial charge in [-0.1, -0.05) is 26.3 Å². The molecule has 0 saturated carbocycles. The summed E-state index contributed by atoms with van der Waals surface area (Å²) in [5.74, 6) is -0.230. The number of rotatable bonds is 27. The van der Waals surface area contributed by atoms with Crippen molar-refractivity contribution in [3.05, 3.63) is 50.6 Å². The largest absolute Gasteiger partial charge is 0.378 e. The smallest absolute Gasteiger partial charge is 0.155 e. The zero-order valence-electron chi connectivity index (χ0n) is 21.5. The summed E-state index contributed by atoms with van der Waals surface area (Å²) in [5.41, 5.74) is -0.968. The summed E-state index contributed by atoms with van der Waals surface area (Å²) in [7, 11) is 0. The second-order valence-electron chi connectivity index (χ2n) is 8.29. The highest BCUT2D eigenvalue weighted by molar-refractivity contribution is 5.89. The van der Waals surface area contributed by atoms with Crippen LogP contribution in [0.3, 0.4) is 0 Å². The van der Waals surface area contributed by atoms with Gasteiger partial charge in [-0.05, 0) is 50.0 Å². The maximum atomic E-state index is 11.6. The quantitative estimate of drug-likeness (QED) is 0.122. The van der Waals surface area contributed by atoms with Gasteiger partial charge in [0.1, 0.15) is 5.60 Å². The first-order chi connectivity index (χ1) is 17.3. The number of ketones is 4. The van der Waals surface area contributed by atoms with Crippen LogP contribution in [0.5, 0.6) is 0 Å². The summed E-state index contributed by atoms with van der Waals surface area (Å²) in [5, 5.41) is 0. The van der Waals surface area contributed by atoms with Gasteiger partial charge in [-0.25, -0.2) is 0 Å². The van der Waals surface area contributed by atoms with Gasteiger partial charge in [0.15, 0.2) is 23.1 Å². The van der Waals surface area contributed by atoms with Crippen LogP contribution in [0.1, 0.15) is 51.4 Å². The maximum Gasteiger partial charge on any atom is 0.155 e. The van der Waals surface area contributed by atoms with E-state index in [1.54, 1.807) is 0 Å². The minimum Gasteiger partial charge on any atom is -0.378 e. The van der Waals surface area contributed by atoms with Gasteiger partial charge in [0, 0.05) is 52.1 Å². The predicted molar refractivity (Wildman–Crippen MR) is 139 cm³/mol. The average molecular weight is 507 g/mol. The number of carbonyl (C=O) groups is 4. The Morgan fingerprint density at radius 3 is 1.06 bits per heavy atom. The summed E-state index contributed by atoms with van der Waals surface area (Å²) < 4.78 is 23.6. The number of carbonyl (C=O) groups excluding carboxylic acids is 4. The fourth-order valence-corrected chi connectivity index (χ4v) is 3.01. The second kappa shape index (κ2) is 21.7. The van der Waals surface area contributed by atoms with Crippen LogP contribution in [0, 0.1) is 0 Å². The lowest BCUT2D eigenvalue weighted by atomic mass is 10.1. The molecule has 0 aliphatic rings. The zero-order valence-corrected chi connectivity index (χ0v) is 21.5. The normalized spacial score (nSPS) is 11.0. The first-order valence-electron chi connectivity index (χ1n) is 12.3. The van der Waals surface area contributed by atoms with Crippen LogP contribution in [0.25, 0.3) is 0 Å². The van der Waals surface area contributed by atoms with Crippen molar-refractivity contribution >= 4 is 23.1 Å². The van der Waals surface area contributed by atoms with E-state index in [9.17, 15) is 19.2 Å². The van der Waals surface area contributed by atoms with Crippen LogP contribution in [0.2, 0.25) is 0 Å². The Morgan fingerprint density at radius 1 is 0.500 bits per heavy atom. The standard InChI is InChI=1S/C28H42O8/c1-5-24(29)13-9-17-33-21-28(36-20-12-16-27(32)8-4,22-34-18-10-14-25(30)6-2)23-35-19-11-15-26(31)7-3/h5-8H,1-4,9-23H2. The van der Waals surface area contributed by atoms with E-state index in [2.05, 4.69) is 26.3 Å². The molecule has 0 amide bonds. The third-order valence-electron chi connectivity index (χ3n) is 5.12. The molecule has 0 rings (SSSR count). The molecule has 0 unspecified atom stereocenters. The van der Waals surface area contributed by atoms with Gasteiger partial charge in [-0.15, -0.1) is 0 Å². The number of ether oxygens (including phenoxy) is 4. The van der Waals surface area contributed by atoms with Gasteiger partial charge in [0.05, 0.1) is 19.8 Å². The minimum atomic E-state index is -0.968. The van der Waals surface area contributed by atoms with Gasteiger partial charge < -0.3 is 18.9 Å². The molecule has 0 aliphatic heterocycles. The van der Waals surface area contributed by atoms with Crippen molar-refractivity contribution in [3.8, 4) is 0 Å². The van der Waals surface area contributed by atoms with Crippen molar-refractivity contribution < 1.29 is 38.1 Å². The number of hydrogen-bond donors (Lipinski definition) is 0. The molecule has 202 valence electrons. The first-order valence-corrected chi connectivity index (χ1v) is 12.3. The molecular formula is C28H42O8. The third kappa shape index (κ3) is 17.8. The van der Waals surface area contributed by atoms with Crippen LogP contribution in [-0.2, 0) is 38.1 Å². The molecule has 0 aliphatic carbocycles. The Morgan fingerprint density at radius 2 is 0.778 bits per heavy atom. The maximum absolute atomic E-state index is 11.6. The SMILES string of the molecule is C=CC(=O)CCCOCC(COCCCC(=O)C=C)(COCCCC(=O)C=C)OCCCC(=O)C=C. The molecule has 0 N–H and O–H groups in total. The van der Waals surface area contributed by atoms with Gasteiger partial charge >= 0.3 is 0 Å².